The molecule has 0 saturated carbocycles. The van der Waals surface area contributed by atoms with E-state index in [0.717, 1.165) is 0 Å². The summed E-state index contributed by atoms with van der Waals surface area (Å²) in [6.07, 6.45) is 0. The van der Waals surface area contributed by atoms with E-state index in [9.17, 15) is 0 Å². The minimum atomic E-state index is -3.41. The number of benzene rings is 4. The molecule has 4 aromatic carbocycles. The van der Waals surface area contributed by atoms with Gasteiger partial charge in [-0.3, -0.25) is 9.53 Å². The Morgan fingerprint density at radius 1 is 0.491 bits per heavy atom. The first-order valence-corrected chi connectivity index (χ1v) is 23.8. The van der Waals surface area contributed by atoms with Crippen molar-refractivity contribution in [1.82, 2.24) is 5.09 Å². The molecule has 0 radical (unpaired) electrons. The SMILES string of the molecule is CCN[P@@]1(=S)Nc2ccccc2OCCOCCOCCOc2ccccc2N1P1(=S)Nc2ccccc2OCCOCCOCCOc2ccccc2N1. The summed E-state index contributed by atoms with van der Waals surface area (Å²) in [5, 5.41) is 14.9. The Labute approximate surface area is 333 Å². The molecule has 4 aromatic rings. The Hall–Kier alpha value is -3.62. The summed E-state index contributed by atoms with van der Waals surface area (Å²) in [5.41, 5.74) is 2.70. The third-order valence-corrected chi connectivity index (χ3v) is 16.5. The highest BCUT2D eigenvalue weighted by molar-refractivity contribution is 8.26. The molecule has 13 nitrogen and oxygen atoms in total. The first kappa shape index (κ1) is 41.0. The highest BCUT2D eigenvalue weighted by Crippen LogP contribution is 2.68. The second kappa shape index (κ2) is 21.1. The lowest BCUT2D eigenvalue weighted by Gasteiger charge is -2.45. The van der Waals surface area contributed by atoms with E-state index in [1.807, 2.05) is 104 Å². The van der Waals surface area contributed by atoms with Crippen molar-refractivity contribution in [2.24, 2.45) is 0 Å². The van der Waals surface area contributed by atoms with Crippen LogP contribution in [0.1, 0.15) is 6.92 Å². The zero-order valence-corrected chi connectivity index (χ0v) is 34.3. The maximum atomic E-state index is 6.98. The highest BCUT2D eigenvalue weighted by Gasteiger charge is 2.41. The van der Waals surface area contributed by atoms with Gasteiger partial charge in [0, 0.05) is 0 Å². The number of para-hydroxylation sites is 8. The van der Waals surface area contributed by atoms with Crippen molar-refractivity contribution in [3.8, 4) is 23.0 Å². The largest absolute Gasteiger partial charge is 0.489 e. The van der Waals surface area contributed by atoms with Crippen LogP contribution in [0.4, 0.5) is 22.7 Å². The Morgan fingerprint density at radius 3 is 1.27 bits per heavy atom. The average Bonchev–Trinajstić information content (AvgIpc) is 3.18. The third kappa shape index (κ3) is 11.5. The van der Waals surface area contributed by atoms with E-state index < -0.39 is 13.0 Å². The van der Waals surface area contributed by atoms with E-state index in [0.29, 0.717) is 125 Å². The number of anilines is 4. The van der Waals surface area contributed by atoms with Crippen LogP contribution >= 0.6 is 13.0 Å². The Kier molecular flexibility index (Phi) is 15.7. The van der Waals surface area contributed by atoms with Gasteiger partial charge in [0.25, 0.3) is 0 Å². The molecule has 296 valence electrons. The van der Waals surface area contributed by atoms with Gasteiger partial charge in [-0.05, 0) is 78.7 Å². The molecule has 55 heavy (non-hydrogen) atoms. The molecule has 0 saturated heterocycles. The van der Waals surface area contributed by atoms with Gasteiger partial charge in [-0.1, -0.05) is 55.5 Å². The van der Waals surface area contributed by atoms with Gasteiger partial charge < -0.3 is 53.2 Å². The van der Waals surface area contributed by atoms with E-state index in [1.54, 1.807) is 0 Å². The van der Waals surface area contributed by atoms with E-state index in [-0.39, 0.29) is 6.61 Å². The maximum Gasteiger partial charge on any atom is 0.220 e. The summed E-state index contributed by atoms with van der Waals surface area (Å²) in [6, 6.07) is 30.9. The molecule has 2 aliphatic rings. The molecule has 0 spiro atoms. The molecule has 0 bridgehead atoms. The number of hydrogen-bond acceptors (Lipinski definition) is 10. The van der Waals surface area contributed by atoms with Gasteiger partial charge in [-0.15, -0.1) is 0 Å². The molecule has 0 aliphatic carbocycles. The summed E-state index contributed by atoms with van der Waals surface area (Å²) in [7, 11) is 0. The van der Waals surface area contributed by atoms with E-state index >= 15 is 0 Å². The second-order valence-electron chi connectivity index (χ2n) is 12.1. The van der Waals surface area contributed by atoms with Crippen molar-refractivity contribution in [2.45, 2.75) is 6.92 Å². The molecule has 6 rings (SSSR count). The minimum absolute atomic E-state index is 0.287. The van der Waals surface area contributed by atoms with Gasteiger partial charge in [0.1, 0.15) is 49.4 Å². The van der Waals surface area contributed by atoms with Crippen LogP contribution in [0.2, 0.25) is 0 Å². The van der Waals surface area contributed by atoms with E-state index in [2.05, 4.69) is 24.8 Å². The number of hydrogen-bond donors (Lipinski definition) is 4. The maximum absolute atomic E-state index is 6.98. The predicted octanol–water partition coefficient (Wildman–Crippen LogP) is 7.50. The standard InChI is InChI=1S/C38H49N5O8P2S2/c1-2-39-52(54)40-31-11-3-7-15-35(31)48-27-23-46-21-22-47-26-30-51-38-18-10-6-14-34(38)43(52)53(55)41-32-12-4-8-16-36(32)49-28-24-44-19-20-45-25-29-50-37-17-9-5-13-33(37)42-53/h3-18H,2,19-30H2,1H3,(H2,39,40,54)(H2,41,42,55)/t52-/m1/s1. The molecule has 2 aliphatic heterocycles. The van der Waals surface area contributed by atoms with E-state index in [4.69, 9.17) is 61.5 Å². The normalized spacial score (nSPS) is 20.4. The lowest BCUT2D eigenvalue weighted by molar-refractivity contribution is 0.0275. The average molecular weight is 830 g/mol. The fourth-order valence-electron chi connectivity index (χ4n) is 5.75. The summed E-state index contributed by atoms with van der Waals surface area (Å²) >= 11 is 13.8. The van der Waals surface area contributed by atoms with Crippen molar-refractivity contribution >= 4 is 59.3 Å². The van der Waals surface area contributed by atoms with Crippen LogP contribution in [0, 0.1) is 0 Å². The number of ether oxygens (including phenoxy) is 8. The molecule has 4 N–H and O–H groups in total. The number of nitrogens with zero attached hydrogens (tertiary/aromatic N) is 1. The van der Waals surface area contributed by atoms with Crippen molar-refractivity contribution < 1.29 is 37.9 Å². The van der Waals surface area contributed by atoms with Gasteiger partial charge in [0.15, 0.2) is 6.49 Å². The van der Waals surface area contributed by atoms with Crippen molar-refractivity contribution in [2.75, 3.05) is 106 Å². The molecule has 0 aromatic heterocycles. The summed E-state index contributed by atoms with van der Waals surface area (Å²) in [4.78, 5) is 0. The van der Waals surface area contributed by atoms with Gasteiger partial charge in [-0.2, -0.15) is 0 Å². The summed E-state index contributed by atoms with van der Waals surface area (Å²) in [5.74, 6) is 2.40. The van der Waals surface area contributed by atoms with Gasteiger partial charge >= 0.3 is 0 Å². The van der Waals surface area contributed by atoms with Gasteiger partial charge in [0.05, 0.1) is 75.6 Å². The van der Waals surface area contributed by atoms with Crippen LogP contribution in [0.25, 0.3) is 0 Å². The third-order valence-electron chi connectivity index (χ3n) is 8.15. The molecule has 17 heteroatoms. The van der Waals surface area contributed by atoms with Crippen molar-refractivity contribution in [3.63, 3.8) is 0 Å². The molecule has 1 atom stereocenters. The number of rotatable bonds is 3. The quantitative estimate of drug-likeness (QED) is 0.152. The van der Waals surface area contributed by atoms with Crippen LogP contribution < -0.4 is 43.7 Å². The lowest BCUT2D eigenvalue weighted by Crippen LogP contribution is -2.34. The van der Waals surface area contributed by atoms with Gasteiger partial charge in [0.2, 0.25) is 6.49 Å². The number of nitrogens with one attached hydrogen (secondary N) is 4. The minimum Gasteiger partial charge on any atom is -0.489 e. The van der Waals surface area contributed by atoms with Crippen LogP contribution in [-0.2, 0) is 42.6 Å². The fraction of sp³-hybridized carbons (Fsp3) is 0.368. The first-order valence-electron chi connectivity index (χ1n) is 18.3. The predicted molar refractivity (Wildman–Crippen MR) is 227 cm³/mol. The van der Waals surface area contributed by atoms with Crippen molar-refractivity contribution in [1.29, 1.82) is 0 Å². The molecular weight excluding hydrogens is 781 g/mol. The van der Waals surface area contributed by atoms with Gasteiger partial charge in [-0.25, -0.2) is 0 Å². The number of fused-ring (bicyclic) bond motifs is 4. The second-order valence-corrected chi connectivity index (χ2v) is 19.7. The molecule has 0 unspecified atom stereocenters. The topological polar surface area (TPSA) is 125 Å². The summed E-state index contributed by atoms with van der Waals surface area (Å²) in [6.45, 7) is 0.417. The van der Waals surface area contributed by atoms with Crippen LogP contribution in [0.5, 0.6) is 23.0 Å². The zero-order valence-electron chi connectivity index (χ0n) is 30.9. The monoisotopic (exact) mass is 829 g/mol. The molecule has 0 amide bonds. The highest BCUT2D eigenvalue weighted by atomic mass is 32.5. The molecular formula is C38H49N5O8P2S2. The molecule has 0 fully saturated rings. The summed E-state index contributed by atoms with van der Waals surface area (Å²) < 4.78 is 50.6. The van der Waals surface area contributed by atoms with Crippen molar-refractivity contribution in [3.05, 3.63) is 97.1 Å². The fourth-order valence-corrected chi connectivity index (χ4v) is 15.4. The Bertz CT molecular complexity index is 1850. The van der Waals surface area contributed by atoms with E-state index in [1.165, 1.54) is 0 Å². The molecule has 2 heterocycles. The van der Waals surface area contributed by atoms with Crippen LogP contribution in [0.15, 0.2) is 97.1 Å². The lowest BCUT2D eigenvalue weighted by atomic mass is 10.3. The first-order chi connectivity index (χ1) is 27.0. The smallest absolute Gasteiger partial charge is 0.220 e. The Morgan fingerprint density at radius 2 is 0.836 bits per heavy atom. The zero-order chi connectivity index (χ0) is 38.2. The Balaban J connectivity index is 1.55. The van der Waals surface area contributed by atoms with Crippen LogP contribution in [0.3, 0.4) is 0 Å². The van der Waals surface area contributed by atoms with Crippen LogP contribution in [-0.4, -0.2) is 85.8 Å².